The number of amides is 1. The highest BCUT2D eigenvalue weighted by atomic mass is 16.5. The molecule has 4 bridgehead atoms. The summed E-state index contributed by atoms with van der Waals surface area (Å²) >= 11 is 0. The lowest BCUT2D eigenvalue weighted by Gasteiger charge is -2.28. The Bertz CT molecular complexity index is 1720. The molecule has 1 spiro atoms. The quantitative estimate of drug-likeness (QED) is 0.319. The Labute approximate surface area is 235 Å². The zero-order chi connectivity index (χ0) is 28.6. The molecule has 0 fully saturated rings. The number of ether oxygens (including phenoxy) is 2. The number of oxazole rings is 2. The van der Waals surface area contributed by atoms with Gasteiger partial charge in [-0.3, -0.25) is 4.79 Å². The number of aromatic nitrogens is 2. The lowest BCUT2D eigenvalue weighted by molar-refractivity contribution is -0.123. The number of anilines is 1. The van der Waals surface area contributed by atoms with E-state index in [0.29, 0.717) is 23.6 Å². The van der Waals surface area contributed by atoms with E-state index in [-0.39, 0.29) is 35.1 Å². The third-order valence-electron chi connectivity index (χ3n) is 8.15. The summed E-state index contributed by atoms with van der Waals surface area (Å²) in [6.07, 6.45) is -0.245. The highest BCUT2D eigenvalue weighted by Crippen LogP contribution is 2.59. The number of esters is 1. The van der Waals surface area contributed by atoms with Gasteiger partial charge in [-0.15, -0.1) is 0 Å². The third-order valence-corrected chi connectivity index (χ3v) is 8.15. The number of nitrogens with two attached hydrogens (primary N) is 1. The Morgan fingerprint density at radius 3 is 2.71 bits per heavy atom. The van der Waals surface area contributed by atoms with Crippen LogP contribution in [0.15, 0.2) is 51.3 Å². The maximum atomic E-state index is 13.2. The highest BCUT2D eigenvalue weighted by molar-refractivity contribution is 5.89. The van der Waals surface area contributed by atoms with Crippen molar-refractivity contribution in [2.24, 2.45) is 11.7 Å². The number of rotatable bonds is 3. The molecule has 1 amide bonds. The maximum Gasteiger partial charge on any atom is 0.360 e. The number of nitrogens with one attached hydrogen (secondary N) is 2. The van der Waals surface area contributed by atoms with Crippen molar-refractivity contribution in [2.45, 2.75) is 50.9 Å². The van der Waals surface area contributed by atoms with Crippen LogP contribution >= 0.6 is 0 Å². The topological polar surface area (TPSA) is 155 Å². The maximum absolute atomic E-state index is 13.2. The molecule has 0 saturated carbocycles. The molecule has 2 aromatic carbocycles. The van der Waals surface area contributed by atoms with E-state index < -0.39 is 29.7 Å². The summed E-state index contributed by atoms with van der Waals surface area (Å²) < 4.78 is 24.2. The molecule has 7 rings (SSSR count). The lowest BCUT2D eigenvalue weighted by Crippen LogP contribution is -2.45. The lowest BCUT2D eigenvalue weighted by atomic mass is 9.72. The van der Waals surface area contributed by atoms with Gasteiger partial charge in [0.25, 0.3) is 0 Å². The molecular formula is C30H29N5O6. The molecule has 2 aromatic heterocycles. The number of aryl methyl sites for hydroxylation is 1. The van der Waals surface area contributed by atoms with Crippen LogP contribution in [-0.4, -0.2) is 41.2 Å². The van der Waals surface area contributed by atoms with E-state index in [9.17, 15) is 9.59 Å². The average Bonchev–Trinajstić information content (AvgIpc) is 3.70. The zero-order valence-corrected chi connectivity index (χ0v) is 23.0. The fraction of sp³-hybridized carbons (Fsp3) is 0.333. The minimum absolute atomic E-state index is 0.0416. The van der Waals surface area contributed by atoms with Gasteiger partial charge < -0.3 is 34.7 Å². The van der Waals surface area contributed by atoms with Gasteiger partial charge >= 0.3 is 5.97 Å². The van der Waals surface area contributed by atoms with E-state index in [0.717, 1.165) is 22.4 Å². The molecule has 5 heterocycles. The van der Waals surface area contributed by atoms with Crippen molar-refractivity contribution in [2.75, 3.05) is 12.4 Å². The number of benzene rings is 2. The van der Waals surface area contributed by atoms with E-state index in [2.05, 4.69) is 15.6 Å². The first-order chi connectivity index (χ1) is 19.7. The van der Waals surface area contributed by atoms with Crippen LogP contribution in [0.25, 0.3) is 11.6 Å². The summed E-state index contributed by atoms with van der Waals surface area (Å²) in [5, 5.41) is 6.56. The minimum Gasteiger partial charge on any atom is -0.469 e. The average molecular weight is 556 g/mol. The summed E-state index contributed by atoms with van der Waals surface area (Å²) in [4.78, 5) is 35.1. The molecule has 4 N–H and O–H groups in total. The number of carbonyl (C=O) groups excluding carboxylic acids is 2. The highest BCUT2D eigenvalue weighted by Gasteiger charge is 2.61. The monoisotopic (exact) mass is 555 g/mol. The number of nitrogens with zero attached hydrogens (tertiary/aromatic N) is 2. The summed E-state index contributed by atoms with van der Waals surface area (Å²) in [6, 6.07) is 12.4. The van der Waals surface area contributed by atoms with Gasteiger partial charge in [-0.05, 0) is 42.5 Å². The number of fused-ring (bicyclic) bond motifs is 4. The zero-order valence-electron chi connectivity index (χ0n) is 23.0. The fourth-order valence-corrected chi connectivity index (χ4v) is 6.14. The van der Waals surface area contributed by atoms with E-state index in [1.54, 1.807) is 6.92 Å². The summed E-state index contributed by atoms with van der Waals surface area (Å²) in [7, 11) is 1.28. The molecule has 1 unspecified atom stereocenters. The van der Waals surface area contributed by atoms with Crippen LogP contribution in [0.4, 0.5) is 5.69 Å². The number of carbonyl (C=O) groups is 2. The van der Waals surface area contributed by atoms with Crippen LogP contribution in [0.5, 0.6) is 5.75 Å². The van der Waals surface area contributed by atoms with Gasteiger partial charge in [0.2, 0.25) is 17.7 Å². The van der Waals surface area contributed by atoms with Crippen molar-refractivity contribution in [1.82, 2.24) is 15.3 Å². The predicted molar refractivity (Wildman–Crippen MR) is 146 cm³/mol. The summed E-state index contributed by atoms with van der Waals surface area (Å²) in [5.41, 5.74) is 9.26. The van der Waals surface area contributed by atoms with Crippen LogP contribution in [0.1, 0.15) is 64.5 Å². The molecule has 0 radical (unpaired) electrons. The van der Waals surface area contributed by atoms with Gasteiger partial charge in [-0.1, -0.05) is 44.2 Å². The molecule has 0 aliphatic carbocycles. The molecule has 3 aliphatic heterocycles. The molecule has 0 saturated heterocycles. The van der Waals surface area contributed by atoms with Crippen molar-refractivity contribution in [1.29, 1.82) is 0 Å². The number of hydrogen-bond donors (Lipinski definition) is 3. The molecule has 3 aliphatic rings. The third kappa shape index (κ3) is 3.54. The standard InChI is InChI=1S/C30H29N5O6/c1-13(2)21-26-35-23(27-34-22(14(3)39-27)28(37)38-4)24(41-26)30-16-7-5-6-8-19(16)32-29(30)40-20-10-9-15(11-17(20)30)12-18(31)25(36)33-21/h5-11,13,18,21,29,32H,12,31H2,1-4H3,(H,33,36)/t18-,21-,29-,30?/m0/s1. The molecule has 4 aromatic rings. The SMILES string of the molecule is COC(=O)c1nc(-c2nc3oc2C24c5ccccc5N[C@H]2Oc2ccc(cc24)C[C@H](N)C(=O)N[C@H]3C(C)C)oc1C. The second-order valence-corrected chi connectivity index (χ2v) is 11.0. The number of para-hydroxylation sites is 1. The van der Waals surface area contributed by atoms with Crippen molar-refractivity contribution < 1.29 is 27.9 Å². The first kappa shape index (κ1) is 25.3. The fourth-order valence-electron chi connectivity index (χ4n) is 6.14. The summed E-state index contributed by atoms with van der Waals surface area (Å²) in [5.74, 6) is 0.692. The second kappa shape index (κ2) is 8.93. The van der Waals surface area contributed by atoms with Gasteiger partial charge in [0, 0.05) is 11.3 Å². The smallest absolute Gasteiger partial charge is 0.360 e. The Hall–Kier alpha value is -4.64. The van der Waals surface area contributed by atoms with E-state index >= 15 is 0 Å². The first-order valence-corrected chi connectivity index (χ1v) is 13.5. The van der Waals surface area contributed by atoms with E-state index in [4.69, 9.17) is 29.0 Å². The van der Waals surface area contributed by atoms with Gasteiger partial charge in [-0.25, -0.2) is 14.8 Å². The number of hydrogen-bond acceptors (Lipinski definition) is 10. The predicted octanol–water partition coefficient (Wildman–Crippen LogP) is 3.60. The molecule has 11 nitrogen and oxygen atoms in total. The van der Waals surface area contributed by atoms with Crippen LogP contribution in [0.2, 0.25) is 0 Å². The van der Waals surface area contributed by atoms with Gasteiger partial charge in [0.05, 0.1) is 13.2 Å². The normalized spacial score (nSPS) is 24.0. The Morgan fingerprint density at radius 2 is 1.93 bits per heavy atom. The molecule has 11 heteroatoms. The minimum atomic E-state index is -0.995. The van der Waals surface area contributed by atoms with Gasteiger partial charge in [0.15, 0.2) is 23.4 Å². The number of methoxy groups -OCH3 is 1. The van der Waals surface area contributed by atoms with Crippen molar-refractivity contribution >= 4 is 17.6 Å². The molecule has 4 atom stereocenters. The van der Waals surface area contributed by atoms with Crippen LogP contribution < -0.4 is 21.1 Å². The second-order valence-electron chi connectivity index (χ2n) is 11.0. The van der Waals surface area contributed by atoms with Crippen molar-refractivity contribution in [3.05, 3.63) is 82.3 Å². The van der Waals surface area contributed by atoms with Crippen LogP contribution in [-0.2, 0) is 21.4 Å². The summed E-state index contributed by atoms with van der Waals surface area (Å²) in [6.45, 7) is 5.56. The van der Waals surface area contributed by atoms with E-state index in [1.807, 2.05) is 56.3 Å². The Morgan fingerprint density at radius 1 is 1.12 bits per heavy atom. The van der Waals surface area contributed by atoms with Gasteiger partial charge in [0.1, 0.15) is 23.0 Å². The van der Waals surface area contributed by atoms with Crippen molar-refractivity contribution in [3.63, 3.8) is 0 Å². The van der Waals surface area contributed by atoms with Gasteiger partial charge in [-0.2, -0.15) is 0 Å². The molecule has 210 valence electrons. The Balaban J connectivity index is 1.57. The largest absolute Gasteiger partial charge is 0.469 e. The van der Waals surface area contributed by atoms with E-state index in [1.165, 1.54) is 7.11 Å². The van der Waals surface area contributed by atoms with Crippen molar-refractivity contribution in [3.8, 4) is 17.3 Å². The van der Waals surface area contributed by atoms with Crippen LogP contribution in [0.3, 0.4) is 0 Å². The Kier molecular flexibility index (Phi) is 5.52. The van der Waals surface area contributed by atoms with Crippen LogP contribution in [0, 0.1) is 12.8 Å². The first-order valence-electron chi connectivity index (χ1n) is 13.5. The molecular weight excluding hydrogens is 526 g/mol. The molecule has 41 heavy (non-hydrogen) atoms.